The molecule has 0 radical (unpaired) electrons. The van der Waals surface area contributed by atoms with Gasteiger partial charge >= 0.3 is 0 Å². The van der Waals surface area contributed by atoms with E-state index in [4.69, 9.17) is 5.11 Å². The molecule has 0 amide bonds. The first-order valence-electron chi connectivity index (χ1n) is 7.99. The van der Waals surface area contributed by atoms with Crippen molar-refractivity contribution in [3.63, 3.8) is 0 Å². The van der Waals surface area contributed by atoms with Gasteiger partial charge in [-0.1, -0.05) is 18.3 Å². The fourth-order valence-corrected chi connectivity index (χ4v) is 4.23. The lowest BCUT2D eigenvalue weighted by Crippen LogP contribution is -2.54. The van der Waals surface area contributed by atoms with E-state index >= 15 is 0 Å². The molecule has 3 heterocycles. The molecule has 4 heteroatoms. The van der Waals surface area contributed by atoms with Crippen molar-refractivity contribution >= 4 is 11.3 Å². The van der Waals surface area contributed by atoms with Crippen LogP contribution in [0.15, 0.2) is 11.4 Å². The van der Waals surface area contributed by atoms with Gasteiger partial charge in [0.25, 0.3) is 0 Å². The molecule has 1 aromatic heterocycles. The molecule has 1 unspecified atom stereocenters. The van der Waals surface area contributed by atoms with E-state index in [2.05, 4.69) is 33.1 Å². The second-order valence-corrected chi connectivity index (χ2v) is 6.95. The highest BCUT2D eigenvalue weighted by Gasteiger charge is 2.28. The summed E-state index contributed by atoms with van der Waals surface area (Å²) in [5, 5.41) is 11.0. The fourth-order valence-electron chi connectivity index (χ4n) is 3.36. The molecule has 3 rings (SSSR count). The Kier molecular flexibility index (Phi) is 5.32. The van der Waals surface area contributed by atoms with Gasteiger partial charge in [-0.2, -0.15) is 0 Å². The van der Waals surface area contributed by atoms with Gasteiger partial charge in [0.2, 0.25) is 0 Å². The lowest BCUT2D eigenvalue weighted by atomic mass is 9.99. The number of thiophene rings is 1. The summed E-state index contributed by atoms with van der Waals surface area (Å²) in [6.45, 7) is 6.09. The number of aliphatic hydroxyl groups is 1. The Bertz CT molecular complexity index is 516. The van der Waals surface area contributed by atoms with E-state index in [0.29, 0.717) is 6.42 Å². The van der Waals surface area contributed by atoms with Crippen molar-refractivity contribution < 1.29 is 5.11 Å². The summed E-state index contributed by atoms with van der Waals surface area (Å²) in [5.41, 5.74) is 1.15. The topological polar surface area (TPSA) is 26.7 Å². The van der Waals surface area contributed by atoms with Gasteiger partial charge in [-0.05, 0) is 30.8 Å². The predicted octanol–water partition coefficient (Wildman–Crippen LogP) is 2.15. The summed E-state index contributed by atoms with van der Waals surface area (Å²) in [4.78, 5) is 6.65. The Morgan fingerprint density at radius 2 is 2.24 bits per heavy atom. The molecule has 0 aliphatic carbocycles. The number of piperidine rings is 1. The molecule has 21 heavy (non-hydrogen) atoms. The van der Waals surface area contributed by atoms with Crippen LogP contribution in [0.1, 0.15) is 36.1 Å². The van der Waals surface area contributed by atoms with Gasteiger partial charge in [-0.15, -0.1) is 11.3 Å². The lowest BCUT2D eigenvalue weighted by Gasteiger charge is -2.44. The van der Waals surface area contributed by atoms with E-state index in [1.165, 1.54) is 50.3 Å². The first-order chi connectivity index (χ1) is 10.4. The van der Waals surface area contributed by atoms with Gasteiger partial charge in [0.15, 0.2) is 0 Å². The molecule has 0 spiro atoms. The molecule has 1 N–H and O–H groups in total. The zero-order chi connectivity index (χ0) is 14.5. The molecule has 2 fully saturated rings. The van der Waals surface area contributed by atoms with Gasteiger partial charge in [0.1, 0.15) is 0 Å². The van der Waals surface area contributed by atoms with E-state index in [9.17, 15) is 0 Å². The third-order valence-corrected chi connectivity index (χ3v) is 5.40. The van der Waals surface area contributed by atoms with Gasteiger partial charge in [0, 0.05) is 49.1 Å². The summed E-state index contributed by atoms with van der Waals surface area (Å²) in [6, 6.07) is 2.89. The minimum absolute atomic E-state index is 0.149. The SMILES string of the molecule is OCCC#Cc1ccsc1CN1CCN2CCCCC2C1. The van der Waals surface area contributed by atoms with Crippen molar-refractivity contribution in [3.05, 3.63) is 21.9 Å². The van der Waals surface area contributed by atoms with Crippen molar-refractivity contribution in [2.75, 3.05) is 32.8 Å². The van der Waals surface area contributed by atoms with Crippen LogP contribution in [0.4, 0.5) is 0 Å². The standard InChI is InChI=1S/C17H24N2OS/c20-11-4-2-5-15-7-12-21-17(15)14-18-9-10-19-8-3-1-6-16(19)13-18/h7,12,16,20H,1,3-4,6,8-11,13-14H2. The van der Waals surface area contributed by atoms with E-state index in [1.54, 1.807) is 0 Å². The molecule has 2 aliphatic rings. The second kappa shape index (κ2) is 7.42. The lowest BCUT2D eigenvalue weighted by molar-refractivity contribution is 0.0461. The number of nitrogens with zero attached hydrogens (tertiary/aromatic N) is 2. The molecule has 3 nitrogen and oxygen atoms in total. The van der Waals surface area contributed by atoms with Crippen LogP contribution in [-0.4, -0.2) is 53.7 Å². The highest BCUT2D eigenvalue weighted by molar-refractivity contribution is 7.10. The quantitative estimate of drug-likeness (QED) is 0.867. The average Bonchev–Trinajstić information content (AvgIpc) is 2.95. The minimum atomic E-state index is 0.149. The molecule has 0 saturated carbocycles. The largest absolute Gasteiger partial charge is 0.395 e. The zero-order valence-corrected chi connectivity index (χ0v) is 13.4. The van der Waals surface area contributed by atoms with Crippen LogP contribution in [-0.2, 0) is 6.54 Å². The number of hydrogen-bond acceptors (Lipinski definition) is 4. The number of rotatable bonds is 3. The fraction of sp³-hybridized carbons (Fsp3) is 0.647. The predicted molar refractivity (Wildman–Crippen MR) is 87.4 cm³/mol. The highest BCUT2D eigenvalue weighted by Crippen LogP contribution is 2.24. The maximum atomic E-state index is 8.82. The van der Waals surface area contributed by atoms with Crippen molar-refractivity contribution in [2.45, 2.75) is 38.3 Å². The van der Waals surface area contributed by atoms with Gasteiger partial charge in [0.05, 0.1) is 6.61 Å². The molecule has 2 saturated heterocycles. The molecule has 1 aromatic rings. The first-order valence-corrected chi connectivity index (χ1v) is 8.87. The third-order valence-electron chi connectivity index (χ3n) is 4.49. The van der Waals surface area contributed by atoms with E-state index < -0.39 is 0 Å². The third kappa shape index (κ3) is 3.87. The van der Waals surface area contributed by atoms with Gasteiger partial charge < -0.3 is 5.11 Å². The van der Waals surface area contributed by atoms with Crippen LogP contribution in [0.2, 0.25) is 0 Å². The van der Waals surface area contributed by atoms with E-state index in [1.807, 2.05) is 11.3 Å². The molecule has 2 aliphatic heterocycles. The Balaban J connectivity index is 1.60. The smallest absolute Gasteiger partial charge is 0.0540 e. The van der Waals surface area contributed by atoms with Crippen molar-refractivity contribution in [1.29, 1.82) is 0 Å². The summed E-state index contributed by atoms with van der Waals surface area (Å²) >= 11 is 1.81. The maximum Gasteiger partial charge on any atom is 0.0540 e. The minimum Gasteiger partial charge on any atom is -0.395 e. The Hall–Kier alpha value is -0.860. The summed E-state index contributed by atoms with van der Waals surface area (Å²) in [7, 11) is 0. The number of fused-ring (bicyclic) bond motifs is 1. The van der Waals surface area contributed by atoms with Crippen LogP contribution in [0.5, 0.6) is 0 Å². The normalized spacial score (nSPS) is 23.4. The zero-order valence-electron chi connectivity index (χ0n) is 12.6. The number of aliphatic hydroxyl groups excluding tert-OH is 1. The molecule has 0 bridgehead atoms. The maximum absolute atomic E-state index is 8.82. The first kappa shape index (κ1) is 15.1. The van der Waals surface area contributed by atoms with Crippen LogP contribution in [0.3, 0.4) is 0 Å². The van der Waals surface area contributed by atoms with E-state index in [0.717, 1.165) is 18.2 Å². The van der Waals surface area contributed by atoms with Crippen LogP contribution >= 0.6 is 11.3 Å². The summed E-state index contributed by atoms with van der Waals surface area (Å²) < 4.78 is 0. The highest BCUT2D eigenvalue weighted by atomic mass is 32.1. The van der Waals surface area contributed by atoms with Crippen LogP contribution < -0.4 is 0 Å². The number of piperazine rings is 1. The van der Waals surface area contributed by atoms with Gasteiger partial charge in [-0.3, -0.25) is 9.80 Å². The monoisotopic (exact) mass is 304 g/mol. The summed E-state index contributed by atoms with van der Waals surface area (Å²) in [5.74, 6) is 6.24. The Morgan fingerprint density at radius 3 is 3.14 bits per heavy atom. The number of hydrogen-bond donors (Lipinski definition) is 1. The Labute approximate surface area is 131 Å². The summed E-state index contributed by atoms with van der Waals surface area (Å²) in [6.07, 6.45) is 4.71. The molecule has 1 atom stereocenters. The average molecular weight is 304 g/mol. The second-order valence-electron chi connectivity index (χ2n) is 5.95. The Morgan fingerprint density at radius 1 is 1.29 bits per heavy atom. The van der Waals surface area contributed by atoms with E-state index in [-0.39, 0.29) is 6.61 Å². The van der Waals surface area contributed by atoms with Gasteiger partial charge in [-0.25, -0.2) is 0 Å². The van der Waals surface area contributed by atoms with Crippen molar-refractivity contribution in [1.82, 2.24) is 9.80 Å². The molecular formula is C17H24N2OS. The molecular weight excluding hydrogens is 280 g/mol. The molecule has 114 valence electrons. The molecule has 0 aromatic carbocycles. The van der Waals surface area contributed by atoms with Crippen LogP contribution in [0, 0.1) is 11.8 Å². The van der Waals surface area contributed by atoms with Crippen molar-refractivity contribution in [3.8, 4) is 11.8 Å². The van der Waals surface area contributed by atoms with Crippen LogP contribution in [0.25, 0.3) is 0 Å². The van der Waals surface area contributed by atoms with Crippen molar-refractivity contribution in [2.24, 2.45) is 0 Å².